The molecule has 2 rings (SSSR count). The predicted molar refractivity (Wildman–Crippen MR) is 69.0 cm³/mol. The number of amides is 1. The van der Waals surface area contributed by atoms with E-state index >= 15 is 0 Å². The summed E-state index contributed by atoms with van der Waals surface area (Å²) in [4.78, 5) is 18.0. The van der Waals surface area contributed by atoms with E-state index in [1.54, 1.807) is 7.05 Å². The van der Waals surface area contributed by atoms with Crippen molar-refractivity contribution in [2.45, 2.75) is 18.9 Å². The van der Waals surface area contributed by atoms with E-state index in [-0.39, 0.29) is 18.3 Å². The smallest absolute Gasteiger partial charge is 0.268 e. The number of rotatable bonds is 4. The minimum Gasteiger partial charge on any atom is -0.382 e. The molecule has 5 nitrogen and oxygen atoms in total. The lowest BCUT2D eigenvalue weighted by Gasteiger charge is -2.11. The van der Waals surface area contributed by atoms with Crippen molar-refractivity contribution in [2.24, 2.45) is 0 Å². The first-order valence-electron chi connectivity index (χ1n) is 5.33. The number of nitrogen functional groups attached to an aromatic ring is 1. The van der Waals surface area contributed by atoms with Gasteiger partial charge < -0.3 is 16.0 Å². The van der Waals surface area contributed by atoms with Gasteiger partial charge in [0.2, 0.25) is 0 Å². The highest BCUT2D eigenvalue weighted by Crippen LogP contribution is 2.30. The summed E-state index contributed by atoms with van der Waals surface area (Å²) in [6, 6.07) is 0.493. The number of thiazole rings is 1. The van der Waals surface area contributed by atoms with Gasteiger partial charge in [0.25, 0.3) is 5.91 Å². The number of aromatic nitrogens is 1. The highest BCUT2D eigenvalue weighted by atomic mass is 32.1. The largest absolute Gasteiger partial charge is 0.382 e. The number of terminal acetylenes is 1. The summed E-state index contributed by atoms with van der Waals surface area (Å²) in [6.07, 6.45) is 7.47. The van der Waals surface area contributed by atoms with E-state index < -0.39 is 0 Å². The van der Waals surface area contributed by atoms with E-state index in [9.17, 15) is 4.79 Å². The Kier molecular flexibility index (Phi) is 3.20. The monoisotopic (exact) mass is 250 g/mol. The molecule has 0 spiro atoms. The van der Waals surface area contributed by atoms with Crippen LogP contribution in [0.1, 0.15) is 22.5 Å². The quantitative estimate of drug-likeness (QED) is 0.782. The molecule has 0 radical (unpaired) electrons. The van der Waals surface area contributed by atoms with Crippen LogP contribution in [0.2, 0.25) is 0 Å². The number of carbonyl (C=O) groups excluding carboxylic acids is 1. The van der Waals surface area contributed by atoms with Crippen molar-refractivity contribution in [1.82, 2.24) is 9.88 Å². The molecule has 6 heteroatoms. The van der Waals surface area contributed by atoms with Gasteiger partial charge in [0.1, 0.15) is 10.7 Å². The van der Waals surface area contributed by atoms with Crippen molar-refractivity contribution in [3.05, 3.63) is 4.88 Å². The van der Waals surface area contributed by atoms with Gasteiger partial charge >= 0.3 is 0 Å². The summed E-state index contributed by atoms with van der Waals surface area (Å²) >= 11 is 1.28. The van der Waals surface area contributed by atoms with Gasteiger partial charge in [-0.15, -0.1) is 6.42 Å². The molecule has 17 heavy (non-hydrogen) atoms. The molecule has 1 fully saturated rings. The lowest BCUT2D eigenvalue weighted by atomic mass is 10.4. The van der Waals surface area contributed by atoms with E-state index in [0.29, 0.717) is 16.1 Å². The maximum Gasteiger partial charge on any atom is 0.268 e. The molecule has 0 saturated heterocycles. The molecular weight excluding hydrogens is 236 g/mol. The van der Waals surface area contributed by atoms with Crippen LogP contribution in [-0.4, -0.2) is 35.4 Å². The van der Waals surface area contributed by atoms with Crippen molar-refractivity contribution in [3.8, 4) is 12.3 Å². The second kappa shape index (κ2) is 4.63. The summed E-state index contributed by atoms with van der Waals surface area (Å²) in [6.45, 7) is 0.265. The molecule has 0 aromatic carbocycles. The van der Waals surface area contributed by atoms with Crippen molar-refractivity contribution < 1.29 is 4.79 Å². The Morgan fingerprint density at radius 1 is 1.76 bits per heavy atom. The fraction of sp³-hybridized carbons (Fsp3) is 0.455. The van der Waals surface area contributed by atoms with Crippen LogP contribution in [0, 0.1) is 12.3 Å². The number of nitrogens with one attached hydrogen (secondary N) is 1. The third-order valence-electron chi connectivity index (χ3n) is 2.43. The van der Waals surface area contributed by atoms with Gasteiger partial charge in [-0.25, -0.2) is 4.98 Å². The number of anilines is 2. The topological polar surface area (TPSA) is 71.2 Å². The first-order valence-corrected chi connectivity index (χ1v) is 6.15. The Hall–Kier alpha value is -1.74. The molecule has 1 aliphatic carbocycles. The van der Waals surface area contributed by atoms with Crippen molar-refractivity contribution in [3.63, 3.8) is 0 Å². The fourth-order valence-corrected chi connectivity index (χ4v) is 2.29. The second-order valence-electron chi connectivity index (χ2n) is 4.02. The SMILES string of the molecule is C#CCN(C)C(=O)c1sc(NC2CC2)nc1N. The van der Waals surface area contributed by atoms with Gasteiger partial charge in [0, 0.05) is 13.1 Å². The van der Waals surface area contributed by atoms with E-state index in [1.807, 2.05) is 0 Å². The molecule has 1 heterocycles. The first-order chi connectivity index (χ1) is 8.11. The molecule has 0 aliphatic heterocycles. The van der Waals surface area contributed by atoms with Crippen LogP contribution >= 0.6 is 11.3 Å². The van der Waals surface area contributed by atoms with Crippen LogP contribution in [0.4, 0.5) is 10.9 Å². The average molecular weight is 250 g/mol. The molecule has 1 amide bonds. The molecule has 1 aromatic rings. The zero-order valence-corrected chi connectivity index (χ0v) is 10.4. The van der Waals surface area contributed by atoms with Crippen LogP contribution in [0.15, 0.2) is 0 Å². The van der Waals surface area contributed by atoms with E-state index in [4.69, 9.17) is 12.2 Å². The highest BCUT2D eigenvalue weighted by Gasteiger charge is 2.24. The van der Waals surface area contributed by atoms with Gasteiger partial charge in [-0.05, 0) is 12.8 Å². The molecular formula is C11H14N4OS. The fourth-order valence-electron chi connectivity index (χ4n) is 1.33. The highest BCUT2D eigenvalue weighted by molar-refractivity contribution is 7.18. The lowest BCUT2D eigenvalue weighted by Crippen LogP contribution is -2.26. The third-order valence-corrected chi connectivity index (χ3v) is 3.42. The summed E-state index contributed by atoms with van der Waals surface area (Å²) in [5.74, 6) is 2.51. The van der Waals surface area contributed by atoms with Crippen LogP contribution in [0.5, 0.6) is 0 Å². The van der Waals surface area contributed by atoms with Gasteiger partial charge in [0.15, 0.2) is 5.13 Å². The van der Waals surface area contributed by atoms with E-state index in [2.05, 4.69) is 16.2 Å². The number of hydrogen-bond donors (Lipinski definition) is 2. The summed E-state index contributed by atoms with van der Waals surface area (Å²) < 4.78 is 0. The predicted octanol–water partition coefficient (Wildman–Crippen LogP) is 1.00. The van der Waals surface area contributed by atoms with E-state index in [1.165, 1.54) is 16.2 Å². The van der Waals surface area contributed by atoms with Gasteiger partial charge in [-0.2, -0.15) is 0 Å². The normalized spacial score (nSPS) is 14.1. The van der Waals surface area contributed by atoms with Crippen molar-refractivity contribution in [1.29, 1.82) is 0 Å². The average Bonchev–Trinajstić information content (AvgIpc) is 3.01. The number of carbonyl (C=O) groups is 1. The molecule has 0 atom stereocenters. The molecule has 90 valence electrons. The molecule has 1 aromatic heterocycles. The van der Waals surface area contributed by atoms with Gasteiger partial charge in [-0.1, -0.05) is 17.3 Å². The summed E-state index contributed by atoms with van der Waals surface area (Å²) in [7, 11) is 1.65. The minimum absolute atomic E-state index is 0.179. The zero-order chi connectivity index (χ0) is 12.4. The lowest BCUT2D eigenvalue weighted by molar-refractivity contribution is 0.0818. The van der Waals surface area contributed by atoms with Crippen LogP contribution in [0.3, 0.4) is 0 Å². The number of hydrogen-bond acceptors (Lipinski definition) is 5. The molecule has 1 saturated carbocycles. The Balaban J connectivity index is 2.11. The van der Waals surface area contributed by atoms with E-state index in [0.717, 1.165) is 12.8 Å². The third kappa shape index (κ3) is 2.68. The Labute approximate surface area is 104 Å². The maximum atomic E-state index is 12.0. The zero-order valence-electron chi connectivity index (χ0n) is 9.56. The van der Waals surface area contributed by atoms with Gasteiger partial charge in [0.05, 0.1) is 6.54 Å². The van der Waals surface area contributed by atoms with Crippen LogP contribution in [0.25, 0.3) is 0 Å². The van der Waals surface area contributed by atoms with Crippen LogP contribution in [-0.2, 0) is 0 Å². The minimum atomic E-state index is -0.179. The summed E-state index contributed by atoms with van der Waals surface area (Å²) in [5, 5.41) is 3.93. The molecule has 3 N–H and O–H groups in total. The standard InChI is InChI=1S/C11H14N4OS/c1-3-6-15(2)10(16)8-9(12)14-11(17-8)13-7-4-5-7/h1,7H,4-6,12H2,2H3,(H,13,14). The second-order valence-corrected chi connectivity index (χ2v) is 5.02. The Morgan fingerprint density at radius 3 is 3.06 bits per heavy atom. The molecule has 0 bridgehead atoms. The van der Waals surface area contributed by atoms with Crippen molar-refractivity contribution >= 4 is 28.2 Å². The number of nitrogens with two attached hydrogens (primary N) is 1. The molecule has 1 aliphatic rings. The maximum absolute atomic E-state index is 12.0. The van der Waals surface area contributed by atoms with Crippen molar-refractivity contribution in [2.75, 3.05) is 24.6 Å². The molecule has 0 unspecified atom stereocenters. The number of nitrogens with zero attached hydrogens (tertiary/aromatic N) is 2. The van der Waals surface area contributed by atoms with Crippen LogP contribution < -0.4 is 11.1 Å². The summed E-state index contributed by atoms with van der Waals surface area (Å²) in [5.41, 5.74) is 5.73. The Bertz CT molecular complexity index is 472. The van der Waals surface area contributed by atoms with Gasteiger partial charge in [-0.3, -0.25) is 4.79 Å². The Morgan fingerprint density at radius 2 is 2.47 bits per heavy atom. The first kappa shape index (κ1) is 11.7.